The SMILES string of the molecule is O=c1ccc2ccc(NCc3cnc(Cl)s3)cc2[nH]1. The lowest BCUT2D eigenvalue weighted by atomic mass is 10.2. The van der Waals surface area contributed by atoms with E-state index in [2.05, 4.69) is 15.3 Å². The van der Waals surface area contributed by atoms with Crippen LogP contribution in [0.15, 0.2) is 41.3 Å². The van der Waals surface area contributed by atoms with Gasteiger partial charge in [-0.2, -0.15) is 0 Å². The van der Waals surface area contributed by atoms with Crippen molar-refractivity contribution in [2.75, 3.05) is 5.32 Å². The molecule has 0 fully saturated rings. The molecule has 0 spiro atoms. The number of nitrogens with one attached hydrogen (secondary N) is 2. The second kappa shape index (κ2) is 5.03. The minimum absolute atomic E-state index is 0.0983. The van der Waals surface area contributed by atoms with Gasteiger partial charge in [-0.15, -0.1) is 11.3 Å². The maximum absolute atomic E-state index is 11.3. The minimum atomic E-state index is -0.0983. The average Bonchev–Trinajstić information content (AvgIpc) is 2.81. The first-order chi connectivity index (χ1) is 9.20. The highest BCUT2D eigenvalue weighted by Gasteiger charge is 2.01. The van der Waals surface area contributed by atoms with Crippen molar-refractivity contribution >= 4 is 39.5 Å². The number of pyridine rings is 1. The van der Waals surface area contributed by atoms with Gasteiger partial charge in [-0.1, -0.05) is 17.7 Å². The van der Waals surface area contributed by atoms with E-state index in [9.17, 15) is 4.79 Å². The summed E-state index contributed by atoms with van der Waals surface area (Å²) < 4.78 is 0.541. The van der Waals surface area contributed by atoms with Crippen LogP contribution in [0.5, 0.6) is 0 Å². The summed E-state index contributed by atoms with van der Waals surface area (Å²) >= 11 is 7.22. The molecule has 0 aliphatic rings. The molecule has 19 heavy (non-hydrogen) atoms. The zero-order chi connectivity index (χ0) is 13.2. The molecule has 3 rings (SSSR count). The standard InChI is InChI=1S/C13H10ClN3OS/c14-13-16-7-10(19-13)6-15-9-3-1-8-2-4-12(18)17-11(8)5-9/h1-5,7,15H,6H2,(H,17,18). The van der Waals surface area contributed by atoms with E-state index >= 15 is 0 Å². The lowest BCUT2D eigenvalue weighted by Gasteiger charge is -2.05. The van der Waals surface area contributed by atoms with E-state index in [0.717, 1.165) is 21.5 Å². The summed E-state index contributed by atoms with van der Waals surface area (Å²) in [5.41, 5.74) is 1.66. The number of benzene rings is 1. The van der Waals surface area contributed by atoms with Gasteiger partial charge in [-0.05, 0) is 23.6 Å². The summed E-state index contributed by atoms with van der Waals surface area (Å²) in [4.78, 5) is 19.1. The second-order valence-corrected chi connectivity index (χ2v) is 5.76. The van der Waals surface area contributed by atoms with Gasteiger partial charge in [0.1, 0.15) is 0 Å². The Labute approximate surface area is 118 Å². The van der Waals surface area contributed by atoms with E-state index in [4.69, 9.17) is 11.6 Å². The molecule has 2 aromatic heterocycles. The summed E-state index contributed by atoms with van der Waals surface area (Å²) in [5, 5.41) is 4.28. The van der Waals surface area contributed by atoms with Gasteiger partial charge in [-0.3, -0.25) is 4.79 Å². The number of thiazole rings is 1. The molecule has 2 heterocycles. The van der Waals surface area contributed by atoms with Gasteiger partial charge in [0.25, 0.3) is 0 Å². The number of fused-ring (bicyclic) bond motifs is 1. The summed E-state index contributed by atoms with van der Waals surface area (Å²) in [5.74, 6) is 0. The second-order valence-electron chi connectivity index (χ2n) is 4.06. The molecule has 4 nitrogen and oxygen atoms in total. The van der Waals surface area contributed by atoms with Crippen LogP contribution in [0.4, 0.5) is 5.69 Å². The number of hydrogen-bond acceptors (Lipinski definition) is 4. The van der Waals surface area contributed by atoms with Crippen molar-refractivity contribution < 1.29 is 0 Å². The Hall–Kier alpha value is -1.85. The third-order valence-corrected chi connectivity index (χ3v) is 3.83. The minimum Gasteiger partial charge on any atom is -0.380 e. The molecule has 0 unspecified atom stereocenters. The van der Waals surface area contributed by atoms with Crippen LogP contribution in [0.1, 0.15) is 4.88 Å². The fourth-order valence-electron chi connectivity index (χ4n) is 1.81. The topological polar surface area (TPSA) is 57.8 Å². The first-order valence-electron chi connectivity index (χ1n) is 5.68. The van der Waals surface area contributed by atoms with Gasteiger partial charge in [-0.25, -0.2) is 4.98 Å². The molecule has 0 amide bonds. The molecule has 0 saturated heterocycles. The molecule has 1 aromatic carbocycles. The predicted octanol–water partition coefficient (Wildman–Crippen LogP) is 3.25. The lowest BCUT2D eigenvalue weighted by molar-refractivity contribution is 1.17. The fourth-order valence-corrected chi connectivity index (χ4v) is 2.73. The Balaban J connectivity index is 1.83. The quantitative estimate of drug-likeness (QED) is 0.779. The molecule has 0 aliphatic heterocycles. The number of anilines is 1. The van der Waals surface area contributed by atoms with Crippen molar-refractivity contribution in [1.29, 1.82) is 0 Å². The Kier molecular flexibility index (Phi) is 3.23. The normalized spacial score (nSPS) is 10.8. The zero-order valence-corrected chi connectivity index (χ0v) is 11.4. The molecule has 3 aromatic rings. The van der Waals surface area contributed by atoms with Crippen LogP contribution >= 0.6 is 22.9 Å². The summed E-state index contributed by atoms with van der Waals surface area (Å²) in [6.07, 6.45) is 1.75. The number of hydrogen-bond donors (Lipinski definition) is 2. The highest BCUT2D eigenvalue weighted by molar-refractivity contribution is 7.15. The number of rotatable bonds is 3. The van der Waals surface area contributed by atoms with E-state index in [0.29, 0.717) is 11.0 Å². The first-order valence-corrected chi connectivity index (χ1v) is 6.87. The smallest absolute Gasteiger partial charge is 0.248 e. The maximum atomic E-state index is 11.3. The van der Waals surface area contributed by atoms with Gasteiger partial charge >= 0.3 is 0 Å². The largest absolute Gasteiger partial charge is 0.380 e. The summed E-state index contributed by atoms with van der Waals surface area (Å²) in [6, 6.07) is 9.19. The molecule has 0 saturated carbocycles. The van der Waals surface area contributed by atoms with E-state index in [-0.39, 0.29) is 5.56 Å². The Morgan fingerprint density at radius 3 is 2.95 bits per heavy atom. The van der Waals surface area contributed by atoms with E-state index in [1.165, 1.54) is 17.4 Å². The third kappa shape index (κ3) is 2.77. The number of aromatic nitrogens is 2. The van der Waals surface area contributed by atoms with Crippen molar-refractivity contribution in [2.45, 2.75) is 6.54 Å². The molecule has 0 bridgehead atoms. The number of nitrogens with zero attached hydrogens (tertiary/aromatic N) is 1. The molecule has 0 radical (unpaired) electrons. The van der Waals surface area contributed by atoms with Crippen molar-refractivity contribution in [3.05, 3.63) is 56.2 Å². The Morgan fingerprint density at radius 2 is 2.16 bits per heavy atom. The van der Waals surface area contributed by atoms with Gasteiger partial charge in [0.2, 0.25) is 5.56 Å². The molecule has 2 N–H and O–H groups in total. The number of aromatic amines is 1. The number of halogens is 1. The predicted molar refractivity (Wildman–Crippen MR) is 79.0 cm³/mol. The first kappa shape index (κ1) is 12.2. The van der Waals surface area contributed by atoms with Crippen molar-refractivity contribution in [2.24, 2.45) is 0 Å². The van der Waals surface area contributed by atoms with Crippen LogP contribution in [0.2, 0.25) is 4.47 Å². The van der Waals surface area contributed by atoms with Crippen molar-refractivity contribution in [3.63, 3.8) is 0 Å². The summed E-state index contributed by atoms with van der Waals surface area (Å²) in [7, 11) is 0. The van der Waals surface area contributed by atoms with E-state index in [1.807, 2.05) is 18.2 Å². The molecular formula is C13H10ClN3OS. The highest BCUT2D eigenvalue weighted by Crippen LogP contribution is 2.20. The van der Waals surface area contributed by atoms with Crippen LogP contribution < -0.4 is 10.9 Å². The summed E-state index contributed by atoms with van der Waals surface area (Å²) in [6.45, 7) is 0.660. The van der Waals surface area contributed by atoms with Crippen molar-refractivity contribution in [3.8, 4) is 0 Å². The van der Waals surface area contributed by atoms with E-state index < -0.39 is 0 Å². The molecule has 0 aliphatic carbocycles. The Morgan fingerprint density at radius 1 is 1.32 bits per heavy atom. The van der Waals surface area contributed by atoms with Crippen molar-refractivity contribution in [1.82, 2.24) is 9.97 Å². The lowest BCUT2D eigenvalue weighted by Crippen LogP contribution is -2.03. The molecule has 6 heteroatoms. The molecule has 0 atom stereocenters. The molecule has 96 valence electrons. The maximum Gasteiger partial charge on any atom is 0.248 e. The van der Waals surface area contributed by atoms with Crippen LogP contribution in [0, 0.1) is 0 Å². The third-order valence-electron chi connectivity index (χ3n) is 2.72. The number of H-pyrrole nitrogens is 1. The van der Waals surface area contributed by atoms with Gasteiger partial charge in [0.15, 0.2) is 4.47 Å². The van der Waals surface area contributed by atoms with Gasteiger partial charge < -0.3 is 10.3 Å². The fraction of sp³-hybridized carbons (Fsp3) is 0.0769. The van der Waals surface area contributed by atoms with Crippen LogP contribution in [0.25, 0.3) is 10.9 Å². The Bertz CT molecular complexity index is 781. The van der Waals surface area contributed by atoms with Gasteiger partial charge in [0.05, 0.1) is 12.1 Å². The van der Waals surface area contributed by atoms with Crippen LogP contribution in [-0.2, 0) is 6.54 Å². The monoisotopic (exact) mass is 291 g/mol. The highest BCUT2D eigenvalue weighted by atomic mass is 35.5. The average molecular weight is 292 g/mol. The van der Waals surface area contributed by atoms with E-state index in [1.54, 1.807) is 12.3 Å². The molecular weight excluding hydrogens is 282 g/mol. The van der Waals surface area contributed by atoms with Crippen LogP contribution in [0.3, 0.4) is 0 Å². The van der Waals surface area contributed by atoms with Crippen LogP contribution in [-0.4, -0.2) is 9.97 Å². The van der Waals surface area contributed by atoms with Gasteiger partial charge in [0, 0.05) is 22.8 Å². The zero-order valence-electron chi connectivity index (χ0n) is 9.81.